The number of aryl methyl sites for hydroxylation is 1. The molecule has 8 heteroatoms. The molecule has 0 fully saturated rings. The Kier molecular flexibility index (Phi) is 6.90. The van der Waals surface area contributed by atoms with E-state index in [9.17, 15) is 4.79 Å². The average Bonchev–Trinajstić information content (AvgIpc) is 3.13. The molecular weight excluding hydrogens is 422 g/mol. The zero-order chi connectivity index (χ0) is 22.5. The van der Waals surface area contributed by atoms with Gasteiger partial charge in [-0.25, -0.2) is 15.0 Å². The van der Waals surface area contributed by atoms with Crippen molar-refractivity contribution in [2.75, 3.05) is 6.61 Å². The van der Waals surface area contributed by atoms with Gasteiger partial charge >= 0.3 is 0 Å². The van der Waals surface area contributed by atoms with Gasteiger partial charge in [0.25, 0.3) is 5.56 Å². The molecule has 0 amide bonds. The third-order valence-corrected chi connectivity index (χ3v) is 5.41. The maximum Gasteiger partial charge on any atom is 0.279 e. The lowest BCUT2D eigenvalue weighted by atomic mass is 10.1. The highest BCUT2D eigenvalue weighted by Gasteiger charge is 2.19. The fourth-order valence-corrected chi connectivity index (χ4v) is 3.78. The van der Waals surface area contributed by atoms with E-state index in [0.29, 0.717) is 46.4 Å². The van der Waals surface area contributed by atoms with Crippen molar-refractivity contribution in [3.8, 4) is 17.3 Å². The molecule has 3 heterocycles. The maximum atomic E-state index is 13.0. The van der Waals surface area contributed by atoms with Crippen molar-refractivity contribution in [1.29, 1.82) is 0 Å². The predicted molar refractivity (Wildman–Crippen MR) is 129 cm³/mol. The summed E-state index contributed by atoms with van der Waals surface area (Å²) in [6.45, 7) is 5.47. The Morgan fingerprint density at radius 1 is 1.12 bits per heavy atom. The lowest BCUT2D eigenvalue weighted by Gasteiger charge is -2.11. The fourth-order valence-electron chi connectivity index (χ4n) is 3.59. The number of rotatable bonds is 9. The molecule has 32 heavy (non-hydrogen) atoms. The van der Waals surface area contributed by atoms with Crippen LogP contribution in [0.4, 0.5) is 0 Å². The fraction of sp³-hybridized carbons (Fsp3) is 0.333. The minimum Gasteiger partial charge on any atom is -0.477 e. The highest BCUT2D eigenvalue weighted by molar-refractivity contribution is 7.80. The van der Waals surface area contributed by atoms with Crippen LogP contribution in [0.5, 0.6) is 5.88 Å². The monoisotopic (exact) mass is 449 g/mol. The molecule has 0 spiro atoms. The van der Waals surface area contributed by atoms with Crippen molar-refractivity contribution >= 4 is 23.8 Å². The first-order valence-electron chi connectivity index (χ1n) is 11.0. The van der Waals surface area contributed by atoms with Gasteiger partial charge in [0.15, 0.2) is 11.2 Å². The van der Waals surface area contributed by atoms with Crippen LogP contribution in [0.25, 0.3) is 22.6 Å². The summed E-state index contributed by atoms with van der Waals surface area (Å²) in [5.41, 5.74) is 2.38. The Bertz CT molecular complexity index is 1270. The molecule has 0 saturated heterocycles. The summed E-state index contributed by atoms with van der Waals surface area (Å²) >= 11 is 4.42. The van der Waals surface area contributed by atoms with Gasteiger partial charge in [0.1, 0.15) is 11.6 Å². The van der Waals surface area contributed by atoms with Crippen LogP contribution in [0.15, 0.2) is 52.3 Å². The van der Waals surface area contributed by atoms with Crippen LogP contribution in [0.2, 0.25) is 0 Å². The summed E-state index contributed by atoms with van der Waals surface area (Å²) in [5, 5.41) is 0. The van der Waals surface area contributed by atoms with E-state index in [4.69, 9.17) is 9.72 Å². The number of pyridine rings is 1. The smallest absolute Gasteiger partial charge is 0.279 e. The van der Waals surface area contributed by atoms with Gasteiger partial charge in [-0.3, -0.25) is 4.79 Å². The summed E-state index contributed by atoms with van der Waals surface area (Å²) in [7, 11) is 0. The number of unbranched alkanes of at least 4 members (excludes halogenated alkanes) is 1. The van der Waals surface area contributed by atoms with Gasteiger partial charge in [0.05, 0.1) is 12.2 Å². The van der Waals surface area contributed by atoms with Crippen molar-refractivity contribution in [3.63, 3.8) is 0 Å². The van der Waals surface area contributed by atoms with E-state index in [0.717, 1.165) is 37.2 Å². The van der Waals surface area contributed by atoms with E-state index in [-0.39, 0.29) is 5.56 Å². The molecule has 0 saturated carbocycles. The van der Waals surface area contributed by atoms with E-state index in [2.05, 4.69) is 53.6 Å². The molecule has 0 atom stereocenters. The first kappa shape index (κ1) is 22.1. The zero-order valence-corrected chi connectivity index (χ0v) is 19.2. The standard InChI is InChI=1S/C24H27N5O2S/c1-3-5-12-31-24-18(14-17(32)15-25-24)21-27-22-20(23(30)28-21)26-19(29(22)11-4-2)13-16-9-7-6-8-10-16/h6-10,14-15,32H,3-5,11-13H2,1-2H3,(H,27,28,30). The topological polar surface area (TPSA) is 85.7 Å². The van der Waals surface area contributed by atoms with Gasteiger partial charge in [0, 0.05) is 24.1 Å². The molecule has 0 radical (unpaired) electrons. The normalized spacial score (nSPS) is 11.2. The number of thiol groups is 1. The van der Waals surface area contributed by atoms with E-state index in [1.807, 2.05) is 28.8 Å². The zero-order valence-electron chi connectivity index (χ0n) is 18.3. The molecule has 0 aliphatic rings. The molecule has 3 aromatic heterocycles. The Balaban J connectivity index is 1.82. The minimum atomic E-state index is -0.279. The summed E-state index contributed by atoms with van der Waals surface area (Å²) in [4.78, 5) is 30.4. The molecule has 0 unspecified atom stereocenters. The lowest BCUT2D eigenvalue weighted by Crippen LogP contribution is -2.12. The molecule has 1 N–H and O–H groups in total. The van der Waals surface area contributed by atoms with Crippen LogP contribution in [0, 0.1) is 0 Å². The summed E-state index contributed by atoms with van der Waals surface area (Å²) < 4.78 is 7.91. The summed E-state index contributed by atoms with van der Waals surface area (Å²) in [6, 6.07) is 11.9. The highest BCUT2D eigenvalue weighted by atomic mass is 32.1. The van der Waals surface area contributed by atoms with E-state index < -0.39 is 0 Å². The number of hydrogen-bond donors (Lipinski definition) is 2. The Morgan fingerprint density at radius 3 is 2.69 bits per heavy atom. The van der Waals surface area contributed by atoms with Crippen molar-refractivity contribution in [2.45, 2.75) is 51.0 Å². The molecule has 4 rings (SSSR count). The van der Waals surface area contributed by atoms with Crippen LogP contribution in [-0.2, 0) is 13.0 Å². The maximum absolute atomic E-state index is 13.0. The minimum absolute atomic E-state index is 0.279. The van der Waals surface area contributed by atoms with E-state index in [1.54, 1.807) is 6.20 Å². The first-order chi connectivity index (χ1) is 15.6. The van der Waals surface area contributed by atoms with Gasteiger partial charge in [-0.2, -0.15) is 0 Å². The number of H-pyrrole nitrogens is 1. The molecule has 166 valence electrons. The molecule has 7 nitrogen and oxygen atoms in total. The Hall–Kier alpha value is -3.13. The SMILES string of the molecule is CCCCOc1ncc(S)cc1-c1nc2c(nc(Cc3ccccc3)n2CCC)c(=O)[nH]1. The number of aromatic amines is 1. The van der Waals surface area contributed by atoms with Crippen LogP contribution in [0.3, 0.4) is 0 Å². The van der Waals surface area contributed by atoms with E-state index in [1.165, 1.54) is 0 Å². The Labute approximate surface area is 192 Å². The second kappa shape index (κ2) is 9.99. The van der Waals surface area contributed by atoms with Gasteiger partial charge in [-0.15, -0.1) is 12.6 Å². The second-order valence-corrected chi connectivity index (χ2v) is 8.19. The average molecular weight is 450 g/mol. The van der Waals surface area contributed by atoms with Crippen LogP contribution >= 0.6 is 12.6 Å². The van der Waals surface area contributed by atoms with Crippen LogP contribution < -0.4 is 10.3 Å². The number of nitrogens with zero attached hydrogens (tertiary/aromatic N) is 4. The Morgan fingerprint density at radius 2 is 1.94 bits per heavy atom. The molecule has 0 bridgehead atoms. The van der Waals surface area contributed by atoms with E-state index >= 15 is 0 Å². The van der Waals surface area contributed by atoms with Gasteiger partial charge in [0.2, 0.25) is 5.88 Å². The highest BCUT2D eigenvalue weighted by Crippen LogP contribution is 2.28. The number of ether oxygens (including phenoxy) is 1. The molecule has 0 aliphatic heterocycles. The number of imidazole rings is 1. The van der Waals surface area contributed by atoms with Crippen LogP contribution in [-0.4, -0.2) is 31.1 Å². The number of fused-ring (bicyclic) bond motifs is 1. The third-order valence-electron chi connectivity index (χ3n) is 5.17. The summed E-state index contributed by atoms with van der Waals surface area (Å²) in [5.74, 6) is 1.66. The van der Waals surface area contributed by atoms with Crippen molar-refractivity contribution < 1.29 is 4.74 Å². The first-order valence-corrected chi connectivity index (χ1v) is 11.4. The largest absolute Gasteiger partial charge is 0.477 e. The molecule has 4 aromatic rings. The number of nitrogens with one attached hydrogen (secondary N) is 1. The predicted octanol–water partition coefficient (Wildman–Crippen LogP) is 4.65. The lowest BCUT2D eigenvalue weighted by molar-refractivity contribution is 0.298. The van der Waals surface area contributed by atoms with Gasteiger partial charge < -0.3 is 14.3 Å². The van der Waals surface area contributed by atoms with Crippen LogP contribution in [0.1, 0.15) is 44.5 Å². The molecular formula is C24H27N5O2S. The van der Waals surface area contributed by atoms with Crippen molar-refractivity contribution in [2.24, 2.45) is 0 Å². The summed E-state index contributed by atoms with van der Waals surface area (Å²) in [6.07, 6.45) is 5.09. The van der Waals surface area contributed by atoms with Gasteiger partial charge in [-0.1, -0.05) is 50.6 Å². The van der Waals surface area contributed by atoms with Crippen molar-refractivity contribution in [3.05, 3.63) is 64.3 Å². The number of aromatic nitrogens is 5. The molecule has 0 aliphatic carbocycles. The van der Waals surface area contributed by atoms with Crippen molar-refractivity contribution in [1.82, 2.24) is 24.5 Å². The van der Waals surface area contributed by atoms with Gasteiger partial charge in [-0.05, 0) is 24.5 Å². The molecule has 1 aromatic carbocycles. The number of benzene rings is 1. The quantitative estimate of drug-likeness (QED) is 0.287. The second-order valence-electron chi connectivity index (χ2n) is 7.68. The third kappa shape index (κ3) is 4.70. The number of hydrogen-bond acceptors (Lipinski definition) is 6.